The number of nitrogens with one attached hydrogen (secondary N) is 1. The molecule has 1 amide bonds. The molecule has 0 radical (unpaired) electrons. The van der Waals surface area contributed by atoms with Crippen LogP contribution in [-0.4, -0.2) is 15.9 Å². The van der Waals surface area contributed by atoms with Gasteiger partial charge in [-0.3, -0.25) is 9.59 Å². The lowest BCUT2D eigenvalue weighted by Gasteiger charge is -2.26. The largest absolute Gasteiger partial charge is 0.326 e. The third kappa shape index (κ3) is 3.75. The fraction of sp³-hybridized carbons (Fsp3) is 0.286. The number of H-pyrrole nitrogens is 1. The summed E-state index contributed by atoms with van der Waals surface area (Å²) in [5.74, 6) is -0.132. The zero-order valence-electron chi connectivity index (χ0n) is 15.5. The number of aryl methyl sites for hydroxylation is 2. The lowest BCUT2D eigenvalue weighted by Crippen LogP contribution is -2.32. The monoisotopic (exact) mass is 413 g/mol. The molecule has 2 heterocycles. The average molecular weight is 414 g/mol. The smallest absolute Gasteiger partial charge is 0.270 e. The van der Waals surface area contributed by atoms with Gasteiger partial charge in [-0.2, -0.15) is 0 Å². The van der Waals surface area contributed by atoms with E-state index in [0.717, 1.165) is 42.5 Å². The quantitative estimate of drug-likeness (QED) is 0.683. The molecule has 28 heavy (non-hydrogen) atoms. The van der Waals surface area contributed by atoms with Crippen LogP contribution in [-0.2, 0) is 19.4 Å². The summed E-state index contributed by atoms with van der Waals surface area (Å²) in [6.45, 7) is 2.15. The van der Waals surface area contributed by atoms with Gasteiger partial charge in [-0.25, -0.2) is 4.98 Å². The number of fused-ring (bicyclic) bond motifs is 1. The van der Waals surface area contributed by atoms with Crippen molar-refractivity contribution in [2.24, 2.45) is 0 Å². The minimum atomic E-state index is -0.132. The maximum Gasteiger partial charge on any atom is 0.270 e. The molecule has 4 rings (SSSR count). The molecule has 0 unspecified atom stereocenters. The first-order valence-corrected chi connectivity index (χ1v) is 10.5. The Morgan fingerprint density at radius 1 is 1.29 bits per heavy atom. The molecule has 0 aliphatic heterocycles. The number of pyridine rings is 1. The second-order valence-electron chi connectivity index (χ2n) is 6.96. The Bertz CT molecular complexity index is 1090. The lowest BCUT2D eigenvalue weighted by atomic mass is 9.92. The maximum atomic E-state index is 13.4. The Labute approximate surface area is 172 Å². The molecule has 1 N–H and O–H groups in total. The molecule has 0 spiro atoms. The summed E-state index contributed by atoms with van der Waals surface area (Å²) in [4.78, 5) is 35.0. The number of rotatable bonds is 4. The number of carbonyl (C=O) groups is 1. The topological polar surface area (TPSA) is 66.1 Å². The molecule has 144 valence electrons. The maximum absolute atomic E-state index is 13.4. The fourth-order valence-corrected chi connectivity index (χ4v) is 4.63. The average Bonchev–Trinajstić information content (AvgIpc) is 3.11. The summed E-state index contributed by atoms with van der Waals surface area (Å²) in [5.41, 5.74) is 6.02. The van der Waals surface area contributed by atoms with Crippen LogP contribution in [0.4, 0.5) is 5.69 Å². The van der Waals surface area contributed by atoms with Crippen LogP contribution in [0, 0.1) is 6.92 Å². The molecule has 7 heteroatoms. The first-order chi connectivity index (χ1) is 13.5. The molecule has 0 saturated heterocycles. The van der Waals surface area contributed by atoms with Crippen molar-refractivity contribution in [3.8, 4) is 0 Å². The molecule has 1 aromatic carbocycles. The fourth-order valence-electron chi connectivity index (χ4n) is 3.69. The van der Waals surface area contributed by atoms with Crippen molar-refractivity contribution in [3.63, 3.8) is 0 Å². The third-order valence-electron chi connectivity index (χ3n) is 5.07. The van der Waals surface area contributed by atoms with Gasteiger partial charge in [0, 0.05) is 22.5 Å². The van der Waals surface area contributed by atoms with Crippen LogP contribution in [0.3, 0.4) is 0 Å². The van der Waals surface area contributed by atoms with E-state index in [1.54, 1.807) is 28.6 Å². The van der Waals surface area contributed by atoms with Crippen LogP contribution in [0.25, 0.3) is 0 Å². The van der Waals surface area contributed by atoms with E-state index in [1.165, 1.54) is 11.3 Å². The number of nitrogens with zero attached hydrogens (tertiary/aromatic N) is 2. The minimum absolute atomic E-state index is 0.122. The number of hydrogen-bond acceptors (Lipinski definition) is 4. The number of amides is 1. The highest BCUT2D eigenvalue weighted by Gasteiger charge is 2.24. The van der Waals surface area contributed by atoms with Gasteiger partial charge < -0.3 is 9.88 Å². The van der Waals surface area contributed by atoms with Crippen molar-refractivity contribution in [3.05, 3.63) is 78.6 Å². The van der Waals surface area contributed by atoms with Gasteiger partial charge in [0.1, 0.15) is 4.88 Å². The normalized spacial score (nSPS) is 13.2. The minimum Gasteiger partial charge on any atom is -0.326 e. The zero-order chi connectivity index (χ0) is 19.7. The van der Waals surface area contributed by atoms with Crippen molar-refractivity contribution >= 4 is 34.5 Å². The van der Waals surface area contributed by atoms with Crippen molar-refractivity contribution in [2.45, 2.75) is 39.2 Å². The molecular weight excluding hydrogens is 394 g/mol. The van der Waals surface area contributed by atoms with Gasteiger partial charge in [-0.15, -0.1) is 11.3 Å². The van der Waals surface area contributed by atoms with Crippen molar-refractivity contribution in [2.75, 3.05) is 4.90 Å². The second kappa shape index (κ2) is 7.89. The number of anilines is 1. The van der Waals surface area contributed by atoms with E-state index in [0.29, 0.717) is 27.8 Å². The van der Waals surface area contributed by atoms with Crippen LogP contribution < -0.4 is 10.5 Å². The summed E-state index contributed by atoms with van der Waals surface area (Å²) in [6.07, 6.45) is 3.95. The Morgan fingerprint density at radius 3 is 2.86 bits per heavy atom. The van der Waals surface area contributed by atoms with Gasteiger partial charge in [0.2, 0.25) is 5.56 Å². The van der Waals surface area contributed by atoms with Gasteiger partial charge >= 0.3 is 0 Å². The number of carbonyl (C=O) groups excluding carboxylic acids is 1. The van der Waals surface area contributed by atoms with Crippen LogP contribution >= 0.6 is 22.9 Å². The summed E-state index contributed by atoms with van der Waals surface area (Å²) in [7, 11) is 0. The number of aromatic amines is 1. The van der Waals surface area contributed by atoms with Gasteiger partial charge in [0.05, 0.1) is 17.7 Å². The van der Waals surface area contributed by atoms with E-state index < -0.39 is 0 Å². The van der Waals surface area contributed by atoms with E-state index in [4.69, 9.17) is 11.6 Å². The SMILES string of the molecule is Cc1ncsc1C(=O)N(Cc1cc(=O)[nH]c2c1CCCC2)c1cccc(Cl)c1. The Kier molecular flexibility index (Phi) is 5.33. The van der Waals surface area contributed by atoms with E-state index in [1.807, 2.05) is 19.1 Å². The molecule has 0 fully saturated rings. The summed E-state index contributed by atoms with van der Waals surface area (Å²) >= 11 is 7.51. The van der Waals surface area contributed by atoms with Crippen molar-refractivity contribution < 1.29 is 4.79 Å². The van der Waals surface area contributed by atoms with E-state index in [9.17, 15) is 9.59 Å². The van der Waals surface area contributed by atoms with E-state index in [2.05, 4.69) is 9.97 Å². The Hall–Kier alpha value is -2.44. The van der Waals surface area contributed by atoms with E-state index in [-0.39, 0.29) is 11.5 Å². The van der Waals surface area contributed by atoms with Crippen molar-refractivity contribution in [1.29, 1.82) is 0 Å². The van der Waals surface area contributed by atoms with Crippen molar-refractivity contribution in [1.82, 2.24) is 9.97 Å². The molecule has 0 bridgehead atoms. The number of benzene rings is 1. The second-order valence-corrected chi connectivity index (χ2v) is 8.25. The number of aromatic nitrogens is 2. The lowest BCUT2D eigenvalue weighted by molar-refractivity contribution is 0.0988. The molecule has 5 nitrogen and oxygen atoms in total. The molecule has 0 saturated carbocycles. The number of halogens is 1. The molecule has 0 atom stereocenters. The van der Waals surface area contributed by atoms with Gasteiger partial charge in [0.15, 0.2) is 0 Å². The van der Waals surface area contributed by atoms with Crippen LogP contribution in [0.2, 0.25) is 5.02 Å². The number of thiazole rings is 1. The molecule has 3 aromatic rings. The standard InChI is InChI=1S/C21H20ClN3O2S/c1-13-20(28-12-23-13)21(27)25(16-6-4-5-15(22)10-16)11-14-9-19(26)24-18-8-3-2-7-17(14)18/h4-6,9-10,12H,2-3,7-8,11H2,1H3,(H,24,26). The number of hydrogen-bond donors (Lipinski definition) is 1. The van der Waals surface area contributed by atoms with Crippen LogP contribution in [0.5, 0.6) is 0 Å². The molecule has 1 aliphatic rings. The van der Waals surface area contributed by atoms with Gasteiger partial charge in [-0.05, 0) is 61.9 Å². The van der Waals surface area contributed by atoms with E-state index >= 15 is 0 Å². The first-order valence-electron chi connectivity index (χ1n) is 9.24. The van der Waals surface area contributed by atoms with Crippen LogP contribution in [0.15, 0.2) is 40.6 Å². The molecule has 1 aliphatic carbocycles. The first kappa shape index (κ1) is 18.9. The Balaban J connectivity index is 1.79. The third-order valence-corrected chi connectivity index (χ3v) is 6.22. The Morgan fingerprint density at radius 2 is 2.11 bits per heavy atom. The van der Waals surface area contributed by atoms with Gasteiger partial charge in [-0.1, -0.05) is 17.7 Å². The summed E-state index contributed by atoms with van der Waals surface area (Å²) < 4.78 is 0. The van der Waals surface area contributed by atoms with Crippen LogP contribution in [0.1, 0.15) is 45.0 Å². The predicted octanol–water partition coefficient (Wildman–Crippen LogP) is 4.52. The molecular formula is C21H20ClN3O2S. The zero-order valence-corrected chi connectivity index (χ0v) is 17.1. The summed E-state index contributed by atoms with van der Waals surface area (Å²) in [5, 5.41) is 0.560. The summed E-state index contributed by atoms with van der Waals surface area (Å²) in [6, 6.07) is 8.86. The van der Waals surface area contributed by atoms with Gasteiger partial charge in [0.25, 0.3) is 5.91 Å². The predicted molar refractivity (Wildman–Crippen MR) is 113 cm³/mol. The highest BCUT2D eigenvalue weighted by Crippen LogP contribution is 2.28. The molecule has 2 aromatic heterocycles. The highest BCUT2D eigenvalue weighted by molar-refractivity contribution is 7.12. The highest BCUT2D eigenvalue weighted by atomic mass is 35.5.